The van der Waals surface area contributed by atoms with E-state index >= 15 is 0 Å². The summed E-state index contributed by atoms with van der Waals surface area (Å²) in [5.41, 5.74) is 1.36. The zero-order chi connectivity index (χ0) is 14.7. The third kappa shape index (κ3) is 2.59. The Labute approximate surface area is 127 Å². The maximum atomic E-state index is 11.2. The minimum Gasteiger partial charge on any atom is -0.350 e. The molecule has 0 aromatic heterocycles. The Morgan fingerprint density at radius 3 is 2.67 bits per heavy atom. The van der Waals surface area contributed by atoms with Gasteiger partial charge in [-0.1, -0.05) is 37.3 Å². The van der Waals surface area contributed by atoms with Crippen molar-refractivity contribution < 1.29 is 4.79 Å². The van der Waals surface area contributed by atoms with E-state index in [-0.39, 0.29) is 11.6 Å². The van der Waals surface area contributed by atoms with Crippen molar-refractivity contribution in [2.24, 2.45) is 5.92 Å². The highest BCUT2D eigenvalue weighted by Gasteiger charge is 2.50. The summed E-state index contributed by atoms with van der Waals surface area (Å²) in [6.07, 6.45) is 7.10. The van der Waals surface area contributed by atoms with Crippen LogP contribution in [0.5, 0.6) is 0 Å². The van der Waals surface area contributed by atoms with Gasteiger partial charge in [-0.15, -0.1) is 0 Å². The van der Waals surface area contributed by atoms with Gasteiger partial charge in [0, 0.05) is 12.1 Å². The molecule has 1 atom stereocenters. The van der Waals surface area contributed by atoms with Crippen LogP contribution in [0.2, 0.25) is 0 Å². The Kier molecular flexibility index (Phi) is 4.29. The summed E-state index contributed by atoms with van der Waals surface area (Å²) in [5, 5.41) is 3.15. The van der Waals surface area contributed by atoms with Gasteiger partial charge < -0.3 is 5.32 Å². The molecule has 1 saturated carbocycles. The van der Waals surface area contributed by atoms with Crippen molar-refractivity contribution in [2.75, 3.05) is 13.1 Å². The second-order valence-electron chi connectivity index (χ2n) is 6.62. The monoisotopic (exact) mass is 286 g/mol. The molecule has 0 spiro atoms. The first-order chi connectivity index (χ1) is 10.3. The number of rotatable bonds is 6. The Hall–Kier alpha value is -1.35. The summed E-state index contributed by atoms with van der Waals surface area (Å²) >= 11 is 0. The van der Waals surface area contributed by atoms with Gasteiger partial charge in [0.2, 0.25) is 6.41 Å². The molecule has 3 aliphatic rings. The van der Waals surface area contributed by atoms with Crippen LogP contribution in [0.15, 0.2) is 30.3 Å². The number of hydrogen-bond donors (Lipinski definition) is 1. The topological polar surface area (TPSA) is 32.3 Å². The SMILES string of the molecule is CCCN1CC2CCC1([C@H](NC=O)c1ccccc1)CC2. The molecule has 2 saturated heterocycles. The lowest BCUT2D eigenvalue weighted by molar-refractivity contribution is -0.114. The molecule has 3 nitrogen and oxygen atoms in total. The molecule has 3 heteroatoms. The lowest BCUT2D eigenvalue weighted by Crippen LogP contribution is -2.63. The van der Waals surface area contributed by atoms with E-state index < -0.39 is 0 Å². The van der Waals surface area contributed by atoms with Gasteiger partial charge >= 0.3 is 0 Å². The fourth-order valence-corrected chi connectivity index (χ4v) is 4.50. The van der Waals surface area contributed by atoms with E-state index in [1.54, 1.807) is 0 Å². The minimum absolute atomic E-state index is 0.115. The van der Waals surface area contributed by atoms with Crippen molar-refractivity contribution in [1.82, 2.24) is 10.2 Å². The van der Waals surface area contributed by atoms with Gasteiger partial charge in [-0.05, 0) is 50.1 Å². The number of hydrogen-bond acceptors (Lipinski definition) is 2. The van der Waals surface area contributed by atoms with Gasteiger partial charge in [0.1, 0.15) is 0 Å². The van der Waals surface area contributed by atoms with E-state index in [0.717, 1.165) is 18.9 Å². The van der Waals surface area contributed by atoms with Gasteiger partial charge in [0.05, 0.1) is 6.04 Å². The third-order valence-electron chi connectivity index (χ3n) is 5.48. The van der Waals surface area contributed by atoms with Crippen LogP contribution in [-0.4, -0.2) is 29.9 Å². The largest absolute Gasteiger partial charge is 0.350 e. The van der Waals surface area contributed by atoms with E-state index in [1.165, 1.54) is 44.2 Å². The second kappa shape index (κ2) is 6.18. The normalized spacial score (nSPS) is 30.0. The second-order valence-corrected chi connectivity index (χ2v) is 6.62. The van der Waals surface area contributed by atoms with E-state index in [0.29, 0.717) is 0 Å². The number of carbonyl (C=O) groups excluding carboxylic acids is 1. The molecule has 2 heterocycles. The molecule has 21 heavy (non-hydrogen) atoms. The van der Waals surface area contributed by atoms with Gasteiger partial charge in [-0.25, -0.2) is 0 Å². The first kappa shape index (κ1) is 14.6. The standard InChI is InChI=1S/C18H26N2O/c1-2-12-20-13-15-8-10-18(20,11-9-15)17(19-14-21)16-6-4-3-5-7-16/h3-7,14-15,17H,2,8-13H2,1H3,(H,19,21)/t15?,17-,18?/m1/s1. The van der Waals surface area contributed by atoms with Gasteiger partial charge in [0.25, 0.3) is 0 Å². The number of nitrogens with one attached hydrogen (secondary N) is 1. The van der Waals surface area contributed by atoms with Crippen molar-refractivity contribution in [3.8, 4) is 0 Å². The van der Waals surface area contributed by atoms with Crippen molar-refractivity contribution in [3.63, 3.8) is 0 Å². The highest BCUT2D eigenvalue weighted by molar-refractivity contribution is 5.49. The number of fused-ring (bicyclic) bond motifs is 3. The summed E-state index contributed by atoms with van der Waals surface area (Å²) in [7, 11) is 0. The first-order valence-electron chi connectivity index (χ1n) is 8.30. The zero-order valence-electron chi connectivity index (χ0n) is 12.9. The molecular weight excluding hydrogens is 260 g/mol. The number of benzene rings is 1. The van der Waals surface area contributed by atoms with Gasteiger partial charge in [-0.2, -0.15) is 0 Å². The molecule has 1 aromatic carbocycles. The van der Waals surface area contributed by atoms with E-state index in [9.17, 15) is 4.79 Å². The molecule has 4 rings (SSSR count). The van der Waals surface area contributed by atoms with Crippen LogP contribution in [-0.2, 0) is 4.79 Å². The van der Waals surface area contributed by atoms with Crippen molar-refractivity contribution in [2.45, 2.75) is 50.6 Å². The maximum Gasteiger partial charge on any atom is 0.207 e. The van der Waals surface area contributed by atoms with Crippen LogP contribution in [0.25, 0.3) is 0 Å². The molecular formula is C18H26N2O. The predicted octanol–water partition coefficient (Wildman–Crippen LogP) is 3.13. The third-order valence-corrected chi connectivity index (χ3v) is 5.48. The van der Waals surface area contributed by atoms with E-state index in [4.69, 9.17) is 0 Å². The molecule has 1 N–H and O–H groups in total. The Balaban J connectivity index is 1.96. The molecule has 3 fully saturated rings. The smallest absolute Gasteiger partial charge is 0.207 e. The van der Waals surface area contributed by atoms with Crippen LogP contribution in [0, 0.1) is 5.92 Å². The molecule has 1 aromatic rings. The van der Waals surface area contributed by atoms with Crippen molar-refractivity contribution >= 4 is 6.41 Å². The zero-order valence-corrected chi connectivity index (χ0v) is 12.9. The molecule has 2 aliphatic heterocycles. The number of carbonyl (C=O) groups is 1. The van der Waals surface area contributed by atoms with Crippen LogP contribution in [0.3, 0.4) is 0 Å². The molecule has 0 radical (unpaired) electrons. The van der Waals surface area contributed by atoms with Crippen LogP contribution in [0.1, 0.15) is 50.6 Å². The highest BCUT2D eigenvalue weighted by atomic mass is 16.1. The lowest BCUT2D eigenvalue weighted by atomic mass is 9.65. The highest BCUT2D eigenvalue weighted by Crippen LogP contribution is 2.49. The maximum absolute atomic E-state index is 11.2. The summed E-state index contributed by atoms with van der Waals surface area (Å²) in [5.74, 6) is 0.867. The number of piperidine rings is 2. The molecule has 114 valence electrons. The minimum atomic E-state index is 0.115. The molecule has 1 amide bonds. The molecule has 2 bridgehead atoms. The van der Waals surface area contributed by atoms with Gasteiger partial charge in [-0.3, -0.25) is 9.69 Å². The summed E-state index contributed by atoms with van der Waals surface area (Å²) in [6.45, 7) is 4.60. The number of nitrogens with zero attached hydrogens (tertiary/aromatic N) is 1. The van der Waals surface area contributed by atoms with Crippen LogP contribution < -0.4 is 5.32 Å². The fraction of sp³-hybridized carbons (Fsp3) is 0.611. The van der Waals surface area contributed by atoms with Gasteiger partial charge in [0.15, 0.2) is 0 Å². The molecule has 1 aliphatic carbocycles. The summed E-state index contributed by atoms with van der Waals surface area (Å²) in [4.78, 5) is 13.9. The Morgan fingerprint density at radius 2 is 2.05 bits per heavy atom. The van der Waals surface area contributed by atoms with Crippen LogP contribution >= 0.6 is 0 Å². The van der Waals surface area contributed by atoms with E-state index in [1.807, 2.05) is 6.07 Å². The van der Waals surface area contributed by atoms with E-state index in [2.05, 4.69) is 41.4 Å². The quantitative estimate of drug-likeness (QED) is 0.815. The Morgan fingerprint density at radius 1 is 1.33 bits per heavy atom. The van der Waals surface area contributed by atoms with Crippen LogP contribution in [0.4, 0.5) is 0 Å². The van der Waals surface area contributed by atoms with Crippen molar-refractivity contribution in [3.05, 3.63) is 35.9 Å². The Bertz CT molecular complexity index is 465. The summed E-state index contributed by atoms with van der Waals surface area (Å²) < 4.78 is 0. The van der Waals surface area contributed by atoms with Crippen molar-refractivity contribution in [1.29, 1.82) is 0 Å². The average molecular weight is 286 g/mol. The number of amides is 1. The lowest BCUT2D eigenvalue weighted by Gasteiger charge is -2.58. The first-order valence-corrected chi connectivity index (χ1v) is 8.30. The average Bonchev–Trinajstić information content (AvgIpc) is 2.55. The predicted molar refractivity (Wildman–Crippen MR) is 84.9 cm³/mol. The summed E-state index contributed by atoms with van der Waals surface area (Å²) in [6, 6.07) is 10.6. The fourth-order valence-electron chi connectivity index (χ4n) is 4.50. The molecule has 0 unspecified atom stereocenters.